The molecular weight excluding hydrogens is 292 g/mol. The lowest BCUT2D eigenvalue weighted by Crippen LogP contribution is -2.52. The van der Waals surface area contributed by atoms with Gasteiger partial charge in [0.1, 0.15) is 5.60 Å². The van der Waals surface area contributed by atoms with E-state index in [0.717, 1.165) is 38.8 Å². The third kappa shape index (κ3) is 5.64. The predicted molar refractivity (Wildman–Crippen MR) is 91.4 cm³/mol. The quantitative estimate of drug-likeness (QED) is 0.834. The van der Waals surface area contributed by atoms with Gasteiger partial charge in [-0.2, -0.15) is 0 Å². The SMILES string of the molecule is CC(C)(C)OC(=O)N1CCCCC1CNC1CCCCC1CO. The lowest BCUT2D eigenvalue weighted by molar-refractivity contribution is 0.00897. The smallest absolute Gasteiger partial charge is 0.410 e. The highest BCUT2D eigenvalue weighted by Gasteiger charge is 2.32. The molecule has 1 aliphatic heterocycles. The number of carbonyl (C=O) groups is 1. The molecule has 0 radical (unpaired) electrons. The van der Waals surface area contributed by atoms with Gasteiger partial charge in [0, 0.05) is 31.8 Å². The first-order valence-electron chi connectivity index (χ1n) is 9.24. The van der Waals surface area contributed by atoms with Crippen LogP contribution in [0.3, 0.4) is 0 Å². The van der Waals surface area contributed by atoms with Crippen molar-refractivity contribution in [2.24, 2.45) is 5.92 Å². The Balaban J connectivity index is 1.89. The fraction of sp³-hybridized carbons (Fsp3) is 0.944. The van der Waals surface area contributed by atoms with E-state index in [-0.39, 0.29) is 18.7 Å². The van der Waals surface area contributed by atoms with Crippen LogP contribution >= 0.6 is 0 Å². The summed E-state index contributed by atoms with van der Waals surface area (Å²) in [7, 11) is 0. The van der Waals surface area contributed by atoms with Crippen LogP contribution in [0, 0.1) is 5.92 Å². The van der Waals surface area contributed by atoms with Crippen LogP contribution in [0.25, 0.3) is 0 Å². The van der Waals surface area contributed by atoms with Crippen molar-refractivity contribution >= 4 is 6.09 Å². The van der Waals surface area contributed by atoms with Crippen molar-refractivity contribution in [2.75, 3.05) is 19.7 Å². The fourth-order valence-corrected chi connectivity index (χ4v) is 3.76. The number of piperidine rings is 1. The fourth-order valence-electron chi connectivity index (χ4n) is 3.76. The molecule has 0 bridgehead atoms. The molecule has 3 unspecified atom stereocenters. The zero-order valence-corrected chi connectivity index (χ0v) is 15.0. The second kappa shape index (κ2) is 8.34. The maximum absolute atomic E-state index is 12.4. The van der Waals surface area contributed by atoms with Gasteiger partial charge in [-0.25, -0.2) is 4.79 Å². The molecule has 0 aromatic carbocycles. The standard InChI is InChI=1S/C18H34N2O3/c1-18(2,3)23-17(22)20-11-7-6-9-15(20)12-19-16-10-5-4-8-14(16)13-21/h14-16,19,21H,4-13H2,1-3H3. The molecule has 134 valence electrons. The minimum Gasteiger partial charge on any atom is -0.444 e. The van der Waals surface area contributed by atoms with Crippen LogP contribution in [0.1, 0.15) is 65.7 Å². The van der Waals surface area contributed by atoms with Crippen LogP contribution in [0.2, 0.25) is 0 Å². The van der Waals surface area contributed by atoms with E-state index in [9.17, 15) is 9.90 Å². The van der Waals surface area contributed by atoms with Crippen LogP contribution in [0.5, 0.6) is 0 Å². The Morgan fingerprint density at radius 1 is 1.17 bits per heavy atom. The first-order chi connectivity index (χ1) is 10.9. The van der Waals surface area contributed by atoms with Crippen molar-refractivity contribution in [2.45, 2.75) is 83.4 Å². The van der Waals surface area contributed by atoms with Crippen LogP contribution < -0.4 is 5.32 Å². The summed E-state index contributed by atoms with van der Waals surface area (Å²) >= 11 is 0. The molecule has 2 N–H and O–H groups in total. The third-order valence-electron chi connectivity index (χ3n) is 5.01. The number of aliphatic hydroxyl groups is 1. The van der Waals surface area contributed by atoms with Gasteiger partial charge in [-0.3, -0.25) is 0 Å². The number of ether oxygens (including phenoxy) is 1. The van der Waals surface area contributed by atoms with E-state index in [1.165, 1.54) is 19.3 Å². The molecule has 5 nitrogen and oxygen atoms in total. The molecule has 0 aromatic rings. The molecule has 23 heavy (non-hydrogen) atoms. The molecule has 3 atom stereocenters. The summed E-state index contributed by atoms with van der Waals surface area (Å²) in [6, 6.07) is 0.594. The highest BCUT2D eigenvalue weighted by molar-refractivity contribution is 5.68. The minimum absolute atomic E-state index is 0.189. The number of likely N-dealkylation sites (tertiary alicyclic amines) is 1. The van der Waals surface area contributed by atoms with E-state index in [2.05, 4.69) is 5.32 Å². The predicted octanol–water partition coefficient (Wildman–Crippen LogP) is 2.92. The Hall–Kier alpha value is -0.810. The number of nitrogens with one attached hydrogen (secondary N) is 1. The Labute approximate surface area is 140 Å². The van der Waals surface area contributed by atoms with E-state index < -0.39 is 5.60 Å². The lowest BCUT2D eigenvalue weighted by atomic mass is 9.85. The summed E-state index contributed by atoms with van der Waals surface area (Å²) in [6.07, 6.45) is 7.75. The van der Waals surface area contributed by atoms with Crippen molar-refractivity contribution in [3.05, 3.63) is 0 Å². The maximum atomic E-state index is 12.4. The van der Waals surface area contributed by atoms with Crippen LogP contribution in [0.4, 0.5) is 4.79 Å². The number of carbonyl (C=O) groups excluding carboxylic acids is 1. The monoisotopic (exact) mass is 326 g/mol. The molecule has 2 fully saturated rings. The molecular formula is C18H34N2O3. The number of rotatable bonds is 4. The summed E-state index contributed by atoms with van der Waals surface area (Å²) in [6.45, 7) is 7.59. The van der Waals surface area contributed by atoms with Gasteiger partial charge in [0.2, 0.25) is 0 Å². The van der Waals surface area contributed by atoms with E-state index in [1.54, 1.807) is 0 Å². The number of nitrogens with zero attached hydrogens (tertiary/aromatic N) is 1. The van der Waals surface area contributed by atoms with E-state index in [4.69, 9.17) is 4.74 Å². The summed E-state index contributed by atoms with van der Waals surface area (Å²) < 4.78 is 5.56. The van der Waals surface area contributed by atoms with Gasteiger partial charge in [0.15, 0.2) is 0 Å². The number of aliphatic hydroxyl groups excluding tert-OH is 1. The Morgan fingerprint density at radius 2 is 1.87 bits per heavy atom. The highest BCUT2D eigenvalue weighted by atomic mass is 16.6. The van der Waals surface area contributed by atoms with Crippen molar-refractivity contribution < 1.29 is 14.6 Å². The molecule has 1 amide bonds. The first-order valence-corrected chi connectivity index (χ1v) is 9.24. The molecule has 5 heteroatoms. The molecule has 1 saturated heterocycles. The zero-order chi connectivity index (χ0) is 16.9. The molecule has 1 heterocycles. The van der Waals surface area contributed by atoms with Gasteiger partial charge < -0.3 is 20.1 Å². The zero-order valence-electron chi connectivity index (χ0n) is 15.0. The minimum atomic E-state index is -0.447. The van der Waals surface area contributed by atoms with Gasteiger partial charge >= 0.3 is 6.09 Å². The molecule has 1 saturated carbocycles. The first kappa shape index (κ1) is 18.5. The lowest BCUT2D eigenvalue weighted by Gasteiger charge is -2.39. The van der Waals surface area contributed by atoms with Gasteiger partial charge in [-0.05, 0) is 58.8 Å². The number of hydrogen-bond acceptors (Lipinski definition) is 4. The van der Waals surface area contributed by atoms with Gasteiger partial charge in [0.25, 0.3) is 0 Å². The number of amides is 1. The van der Waals surface area contributed by atoms with Gasteiger partial charge in [-0.15, -0.1) is 0 Å². The average molecular weight is 326 g/mol. The van der Waals surface area contributed by atoms with Crippen molar-refractivity contribution in [1.29, 1.82) is 0 Å². The van der Waals surface area contributed by atoms with Gasteiger partial charge in [0.05, 0.1) is 0 Å². The van der Waals surface area contributed by atoms with Crippen molar-refractivity contribution in [1.82, 2.24) is 10.2 Å². The molecule has 0 spiro atoms. The topological polar surface area (TPSA) is 61.8 Å². The summed E-state index contributed by atoms with van der Waals surface area (Å²) in [4.78, 5) is 14.3. The Kier molecular flexibility index (Phi) is 6.72. The van der Waals surface area contributed by atoms with E-state index in [1.807, 2.05) is 25.7 Å². The summed E-state index contributed by atoms with van der Waals surface area (Å²) in [5, 5.41) is 13.2. The highest BCUT2D eigenvalue weighted by Crippen LogP contribution is 2.25. The normalized spacial score (nSPS) is 29.4. The largest absolute Gasteiger partial charge is 0.444 e. The maximum Gasteiger partial charge on any atom is 0.410 e. The Morgan fingerprint density at radius 3 is 2.57 bits per heavy atom. The van der Waals surface area contributed by atoms with Gasteiger partial charge in [-0.1, -0.05) is 12.8 Å². The van der Waals surface area contributed by atoms with E-state index in [0.29, 0.717) is 12.0 Å². The summed E-state index contributed by atoms with van der Waals surface area (Å²) in [5.41, 5.74) is -0.447. The second-order valence-corrected chi connectivity index (χ2v) is 8.07. The molecule has 2 aliphatic rings. The van der Waals surface area contributed by atoms with E-state index >= 15 is 0 Å². The van der Waals surface area contributed by atoms with Crippen LogP contribution in [0.15, 0.2) is 0 Å². The average Bonchev–Trinajstić information content (AvgIpc) is 2.51. The molecule has 2 rings (SSSR count). The second-order valence-electron chi connectivity index (χ2n) is 8.07. The number of hydrogen-bond donors (Lipinski definition) is 2. The van der Waals surface area contributed by atoms with Crippen molar-refractivity contribution in [3.63, 3.8) is 0 Å². The van der Waals surface area contributed by atoms with Crippen LogP contribution in [-0.4, -0.2) is 53.5 Å². The van der Waals surface area contributed by atoms with Crippen LogP contribution in [-0.2, 0) is 4.74 Å². The van der Waals surface area contributed by atoms with Crippen molar-refractivity contribution in [3.8, 4) is 0 Å². The third-order valence-corrected chi connectivity index (χ3v) is 5.01. The Bertz CT molecular complexity index is 381. The molecule has 0 aromatic heterocycles. The summed E-state index contributed by atoms with van der Waals surface area (Å²) in [5.74, 6) is 0.363. The molecule has 1 aliphatic carbocycles.